The number of hydrogen-bond donors (Lipinski definition) is 2. The van der Waals surface area contributed by atoms with Gasteiger partial charge < -0.3 is 10.2 Å². The van der Waals surface area contributed by atoms with Crippen LogP contribution in [-0.4, -0.2) is 10.8 Å². The maximum absolute atomic E-state index is 5.37. The van der Waals surface area contributed by atoms with Crippen LogP contribution in [0.3, 0.4) is 0 Å². The minimum absolute atomic E-state index is 0.195. The van der Waals surface area contributed by atoms with Crippen molar-refractivity contribution in [3.8, 4) is 0 Å². The van der Waals surface area contributed by atoms with E-state index in [2.05, 4.69) is 10.5 Å². The highest BCUT2D eigenvalue weighted by Gasteiger charge is 2.14. The fraction of sp³-hybridized carbons (Fsp3) is 0.333. The maximum Gasteiger partial charge on any atom is 0.184 e. The number of hydrogen-bond acceptors (Lipinski definition) is 3. The van der Waals surface area contributed by atoms with E-state index in [4.69, 9.17) is 22.4 Å². The number of hydrazone groups is 1. The third-order valence-electron chi connectivity index (χ3n) is 2.64. The highest BCUT2D eigenvalue weighted by molar-refractivity contribution is 7.80. The molecule has 90 valence electrons. The van der Waals surface area contributed by atoms with Gasteiger partial charge in [0.2, 0.25) is 0 Å². The van der Waals surface area contributed by atoms with E-state index >= 15 is 0 Å². The molecule has 4 nitrogen and oxygen atoms in total. The number of nitrogens with zero attached hydrogens (tertiary/aromatic N) is 1. The van der Waals surface area contributed by atoms with Crippen molar-refractivity contribution in [1.82, 2.24) is 5.43 Å². The molecule has 0 atom stereocenters. The molecular formula is C12H15N3OS. The molecule has 1 heterocycles. The summed E-state index contributed by atoms with van der Waals surface area (Å²) in [6.07, 6.45) is 7.98. The van der Waals surface area contributed by atoms with Crippen molar-refractivity contribution in [2.24, 2.45) is 10.8 Å². The second-order valence-electron chi connectivity index (χ2n) is 3.93. The van der Waals surface area contributed by atoms with E-state index in [1.54, 1.807) is 6.26 Å². The number of rotatable bonds is 2. The summed E-state index contributed by atoms with van der Waals surface area (Å²) in [5.41, 5.74) is 10.2. The summed E-state index contributed by atoms with van der Waals surface area (Å²) in [6.45, 7) is 0. The second kappa shape index (κ2) is 5.63. The molecule has 0 saturated heterocycles. The largest absolute Gasteiger partial charge is 0.465 e. The normalized spacial score (nSPS) is 20.7. The van der Waals surface area contributed by atoms with Crippen molar-refractivity contribution >= 4 is 29.1 Å². The lowest BCUT2D eigenvalue weighted by molar-refractivity contribution is 0.556. The quantitative estimate of drug-likeness (QED) is 0.624. The molecule has 0 unspecified atom stereocenters. The van der Waals surface area contributed by atoms with E-state index in [1.165, 1.54) is 12.0 Å². The Morgan fingerprint density at radius 3 is 3.00 bits per heavy atom. The van der Waals surface area contributed by atoms with Crippen LogP contribution < -0.4 is 11.2 Å². The molecule has 0 spiro atoms. The summed E-state index contributed by atoms with van der Waals surface area (Å²) in [5, 5.41) is 4.43. The molecule has 0 aliphatic heterocycles. The van der Waals surface area contributed by atoms with Gasteiger partial charge in [-0.1, -0.05) is 0 Å². The average Bonchev–Trinajstić information content (AvgIpc) is 2.80. The van der Waals surface area contributed by atoms with E-state index in [0.717, 1.165) is 30.7 Å². The minimum Gasteiger partial charge on any atom is -0.465 e. The molecule has 1 aliphatic carbocycles. The third kappa shape index (κ3) is 3.42. The first-order chi connectivity index (χ1) is 8.25. The Morgan fingerprint density at radius 2 is 2.29 bits per heavy atom. The number of nitrogens with two attached hydrogens (primary N) is 1. The molecule has 1 aromatic rings. The monoisotopic (exact) mass is 249 g/mol. The van der Waals surface area contributed by atoms with Crippen LogP contribution in [0.1, 0.15) is 31.4 Å². The van der Waals surface area contributed by atoms with Crippen molar-refractivity contribution in [3.05, 3.63) is 29.7 Å². The Bertz CT molecular complexity index is 448. The van der Waals surface area contributed by atoms with E-state index < -0.39 is 0 Å². The third-order valence-corrected chi connectivity index (χ3v) is 2.73. The van der Waals surface area contributed by atoms with Crippen molar-refractivity contribution in [2.75, 3.05) is 0 Å². The van der Waals surface area contributed by atoms with E-state index in [-0.39, 0.29) is 5.11 Å². The summed E-state index contributed by atoms with van der Waals surface area (Å²) in [6, 6.07) is 3.81. The Hall–Kier alpha value is -1.62. The Labute approximate surface area is 106 Å². The standard InChI is InChI=1S/C12H15N3OS/c13-12(17)15-14-11-6-2-1-4-9(11)8-10-5-3-7-16-10/h3,5,7-8H,1-2,4,6H2,(H3,13,15,17)/b9-8+,14-11-. The van der Waals surface area contributed by atoms with Crippen LogP contribution in [0.15, 0.2) is 33.5 Å². The van der Waals surface area contributed by atoms with Gasteiger partial charge in [-0.15, -0.1) is 0 Å². The summed E-state index contributed by atoms with van der Waals surface area (Å²) < 4.78 is 5.31. The molecule has 1 fully saturated rings. The SMILES string of the molecule is NC(=S)N/N=C1/CCCC/C1=C\c1ccco1. The molecule has 5 heteroatoms. The Morgan fingerprint density at radius 1 is 1.47 bits per heavy atom. The van der Waals surface area contributed by atoms with Crippen LogP contribution >= 0.6 is 12.2 Å². The summed E-state index contributed by atoms with van der Waals surface area (Å²) >= 11 is 4.74. The van der Waals surface area contributed by atoms with Crippen LogP contribution in [0.4, 0.5) is 0 Å². The van der Waals surface area contributed by atoms with Gasteiger partial charge >= 0.3 is 0 Å². The molecule has 0 aromatic carbocycles. The number of furan rings is 1. The van der Waals surface area contributed by atoms with Crippen molar-refractivity contribution in [3.63, 3.8) is 0 Å². The van der Waals surface area contributed by atoms with Gasteiger partial charge in [0.25, 0.3) is 0 Å². The van der Waals surface area contributed by atoms with Gasteiger partial charge in [-0.25, -0.2) is 0 Å². The molecule has 0 amide bonds. The zero-order valence-corrected chi connectivity index (χ0v) is 10.3. The topological polar surface area (TPSA) is 63.5 Å². The Balaban J connectivity index is 2.17. The highest BCUT2D eigenvalue weighted by atomic mass is 32.1. The maximum atomic E-state index is 5.37. The van der Waals surface area contributed by atoms with Crippen LogP contribution in [0.25, 0.3) is 6.08 Å². The van der Waals surface area contributed by atoms with Crippen molar-refractivity contribution in [2.45, 2.75) is 25.7 Å². The van der Waals surface area contributed by atoms with Gasteiger partial charge in [-0.2, -0.15) is 5.10 Å². The molecule has 3 N–H and O–H groups in total. The van der Waals surface area contributed by atoms with Gasteiger partial charge in [-0.05, 0) is 61.7 Å². The van der Waals surface area contributed by atoms with E-state index in [1.807, 2.05) is 18.2 Å². The average molecular weight is 249 g/mol. The fourth-order valence-electron chi connectivity index (χ4n) is 1.86. The zero-order valence-electron chi connectivity index (χ0n) is 9.48. The second-order valence-corrected chi connectivity index (χ2v) is 4.37. The number of thiocarbonyl (C=S) groups is 1. The highest BCUT2D eigenvalue weighted by Crippen LogP contribution is 2.23. The fourth-order valence-corrected chi connectivity index (χ4v) is 1.91. The molecular weight excluding hydrogens is 234 g/mol. The molecule has 0 radical (unpaired) electrons. The Kier molecular flexibility index (Phi) is 3.93. The number of nitrogens with one attached hydrogen (secondary N) is 1. The van der Waals surface area contributed by atoms with E-state index in [0.29, 0.717) is 0 Å². The van der Waals surface area contributed by atoms with Crippen LogP contribution in [0.5, 0.6) is 0 Å². The lowest BCUT2D eigenvalue weighted by atomic mass is 9.92. The molecule has 17 heavy (non-hydrogen) atoms. The lowest BCUT2D eigenvalue weighted by Gasteiger charge is -2.16. The first-order valence-corrected chi connectivity index (χ1v) is 6.03. The van der Waals surface area contributed by atoms with Gasteiger partial charge in [0.05, 0.1) is 12.0 Å². The summed E-state index contributed by atoms with van der Waals surface area (Å²) in [5.74, 6) is 0.852. The molecule has 1 aliphatic rings. The number of allylic oxidation sites excluding steroid dienone is 1. The van der Waals surface area contributed by atoms with Gasteiger partial charge in [-0.3, -0.25) is 5.43 Å². The lowest BCUT2D eigenvalue weighted by Crippen LogP contribution is -2.26. The minimum atomic E-state index is 0.195. The molecule has 0 bridgehead atoms. The predicted molar refractivity (Wildman–Crippen MR) is 72.5 cm³/mol. The van der Waals surface area contributed by atoms with Crippen LogP contribution in [0, 0.1) is 0 Å². The molecule has 2 rings (SSSR count). The smallest absolute Gasteiger partial charge is 0.184 e. The van der Waals surface area contributed by atoms with Crippen molar-refractivity contribution in [1.29, 1.82) is 0 Å². The molecule has 1 saturated carbocycles. The van der Waals surface area contributed by atoms with Gasteiger partial charge in [0, 0.05) is 0 Å². The predicted octanol–water partition coefficient (Wildman–Crippen LogP) is 2.43. The van der Waals surface area contributed by atoms with Crippen LogP contribution in [-0.2, 0) is 0 Å². The van der Waals surface area contributed by atoms with E-state index in [9.17, 15) is 0 Å². The zero-order chi connectivity index (χ0) is 12.1. The van der Waals surface area contributed by atoms with Crippen LogP contribution in [0.2, 0.25) is 0 Å². The van der Waals surface area contributed by atoms with Gasteiger partial charge in [0.1, 0.15) is 5.76 Å². The first-order valence-electron chi connectivity index (χ1n) is 5.62. The van der Waals surface area contributed by atoms with Crippen molar-refractivity contribution < 1.29 is 4.42 Å². The summed E-state index contributed by atoms with van der Waals surface area (Å²) in [7, 11) is 0. The first kappa shape index (κ1) is 11.9. The van der Waals surface area contributed by atoms with Gasteiger partial charge in [0.15, 0.2) is 5.11 Å². The molecule has 1 aromatic heterocycles. The summed E-state index contributed by atoms with van der Waals surface area (Å²) in [4.78, 5) is 0.